The molecule has 1 N–H and O–H groups in total. The second kappa shape index (κ2) is 11.4. The third-order valence-electron chi connectivity index (χ3n) is 8.58. The lowest BCUT2D eigenvalue weighted by Gasteiger charge is -2.39. The van der Waals surface area contributed by atoms with Crippen LogP contribution in [0.15, 0.2) is 102 Å². The molecule has 1 atom stereocenters. The second-order valence-corrected chi connectivity index (χ2v) is 13.0. The fourth-order valence-corrected chi connectivity index (χ4v) is 8.28. The van der Waals surface area contributed by atoms with Gasteiger partial charge in [-0.3, -0.25) is 14.4 Å². The van der Waals surface area contributed by atoms with Crippen LogP contribution in [0.5, 0.6) is 0 Å². The highest BCUT2D eigenvalue weighted by Gasteiger charge is 2.41. The lowest BCUT2D eigenvalue weighted by atomic mass is 9.98. The molecule has 3 heterocycles. The van der Waals surface area contributed by atoms with Crippen LogP contribution in [0.25, 0.3) is 22.2 Å². The van der Waals surface area contributed by atoms with Crippen LogP contribution in [0, 0.1) is 10.1 Å². The first-order chi connectivity index (χ1) is 21.8. The van der Waals surface area contributed by atoms with Gasteiger partial charge >= 0.3 is 11.8 Å². The molecule has 1 aliphatic carbocycles. The van der Waals surface area contributed by atoms with Crippen molar-refractivity contribution in [3.63, 3.8) is 0 Å². The van der Waals surface area contributed by atoms with E-state index in [2.05, 4.69) is 22.1 Å². The summed E-state index contributed by atoms with van der Waals surface area (Å²) in [6.45, 7) is 0.485. The number of aromatic amines is 1. The average Bonchev–Trinajstić information content (AvgIpc) is 3.67. The number of hydrogen-bond acceptors (Lipinski definition) is 7. The van der Waals surface area contributed by atoms with Crippen molar-refractivity contribution in [2.75, 3.05) is 24.0 Å². The summed E-state index contributed by atoms with van der Waals surface area (Å²) in [5, 5.41) is 12.5. The summed E-state index contributed by atoms with van der Waals surface area (Å²) in [7, 11) is -4.31. The molecule has 0 radical (unpaired) electrons. The number of ether oxygens (including phenoxy) is 1. The molecule has 2 aliphatic rings. The van der Waals surface area contributed by atoms with Gasteiger partial charge in [0, 0.05) is 25.2 Å². The maximum absolute atomic E-state index is 14.3. The van der Waals surface area contributed by atoms with Crippen molar-refractivity contribution >= 4 is 38.5 Å². The smallest absolute Gasteiger partial charge is 0.409 e. The minimum absolute atomic E-state index is 0.00582. The van der Waals surface area contributed by atoms with Crippen molar-refractivity contribution in [3.05, 3.63) is 119 Å². The number of hydrogen-bond donors (Lipinski definition) is 1. The third kappa shape index (κ3) is 4.96. The zero-order valence-electron chi connectivity index (χ0n) is 24.1. The summed E-state index contributed by atoms with van der Waals surface area (Å²) < 4.78 is 35.7. The Labute approximate surface area is 259 Å². The lowest BCUT2D eigenvalue weighted by molar-refractivity contribution is -0.384. The monoisotopic (exact) mass is 623 g/mol. The number of carbonyl (C=O) groups excluding carboxylic acids is 1. The first-order valence-corrected chi connectivity index (χ1v) is 16.1. The first kappa shape index (κ1) is 28.5. The van der Waals surface area contributed by atoms with E-state index < -0.39 is 32.8 Å². The number of H-pyrrole nitrogens is 1. The predicted octanol–water partition coefficient (Wildman–Crippen LogP) is 6.08. The Hall–Kier alpha value is -5.23. The standard InChI is InChI=1S/C33H29N5O6S/c39-33(44-21-29-26-14-6-4-12-24(26)25-13-5-7-15-27(25)29)36-18-8-9-22(20-36)37(45(42,43)23-10-2-1-3-11-23)31-28-16-17-34-32(28)35-19-30(31)38(40)41/h1-7,10-17,19,22,29H,8-9,18,20-21H2,(H,34,35). The van der Waals surface area contributed by atoms with E-state index in [0.29, 0.717) is 30.4 Å². The molecule has 1 unspecified atom stereocenters. The number of aromatic nitrogens is 2. The van der Waals surface area contributed by atoms with Crippen molar-refractivity contribution in [1.29, 1.82) is 0 Å². The van der Waals surface area contributed by atoms with E-state index in [-0.39, 0.29) is 29.7 Å². The van der Waals surface area contributed by atoms with Gasteiger partial charge in [0.25, 0.3) is 10.0 Å². The maximum atomic E-state index is 14.3. The van der Waals surface area contributed by atoms with Crippen LogP contribution in [-0.2, 0) is 14.8 Å². The molecule has 228 valence electrons. The molecule has 3 aromatic carbocycles. The molecule has 7 rings (SSSR count). The molecule has 2 aromatic heterocycles. The Kier molecular flexibility index (Phi) is 7.20. The molecule has 12 heteroatoms. The number of amides is 1. The van der Waals surface area contributed by atoms with Gasteiger partial charge < -0.3 is 14.6 Å². The van der Waals surface area contributed by atoms with Crippen molar-refractivity contribution in [3.8, 4) is 11.1 Å². The number of nitrogens with zero attached hydrogens (tertiary/aromatic N) is 4. The quantitative estimate of drug-likeness (QED) is 0.171. The number of benzene rings is 3. The Bertz CT molecular complexity index is 1980. The molecule has 0 spiro atoms. The van der Waals surface area contributed by atoms with Gasteiger partial charge in [-0.25, -0.2) is 18.2 Å². The van der Waals surface area contributed by atoms with E-state index >= 15 is 0 Å². The minimum atomic E-state index is -4.31. The van der Waals surface area contributed by atoms with Crippen LogP contribution in [-0.4, -0.2) is 60.0 Å². The fourth-order valence-electron chi connectivity index (χ4n) is 6.55. The molecule has 0 saturated carbocycles. The van der Waals surface area contributed by atoms with Gasteiger partial charge in [0.1, 0.15) is 24.1 Å². The Balaban J connectivity index is 1.21. The molecule has 1 fully saturated rings. The molecule has 1 saturated heterocycles. The number of fused-ring (bicyclic) bond motifs is 4. The lowest BCUT2D eigenvalue weighted by Crippen LogP contribution is -2.52. The highest BCUT2D eigenvalue weighted by Crippen LogP contribution is 2.45. The Morgan fingerprint density at radius 2 is 1.67 bits per heavy atom. The SMILES string of the molecule is O=C(OCC1c2ccccc2-c2ccccc21)N1CCCC(N(c2c([N+](=O)[O-])cnc3[nH]ccc23)S(=O)(=O)c2ccccc2)C1. The molecule has 45 heavy (non-hydrogen) atoms. The molecule has 11 nitrogen and oxygen atoms in total. The van der Waals surface area contributed by atoms with Crippen molar-refractivity contribution in [1.82, 2.24) is 14.9 Å². The van der Waals surface area contributed by atoms with Crippen LogP contribution in [0.1, 0.15) is 29.9 Å². The number of rotatable bonds is 7. The van der Waals surface area contributed by atoms with Gasteiger partial charge in [-0.2, -0.15) is 0 Å². The zero-order chi connectivity index (χ0) is 31.1. The fraction of sp³-hybridized carbons (Fsp3) is 0.212. The van der Waals surface area contributed by atoms with E-state index in [1.807, 2.05) is 36.4 Å². The van der Waals surface area contributed by atoms with Gasteiger partial charge in [0.15, 0.2) is 0 Å². The van der Waals surface area contributed by atoms with Crippen molar-refractivity contribution in [2.24, 2.45) is 0 Å². The number of pyridine rings is 1. The Morgan fingerprint density at radius 3 is 2.36 bits per heavy atom. The van der Waals surface area contributed by atoms with E-state index in [1.165, 1.54) is 17.0 Å². The number of nitro groups is 1. The average molecular weight is 624 g/mol. The normalized spacial score (nSPS) is 16.3. The van der Waals surface area contributed by atoms with Crippen molar-refractivity contribution in [2.45, 2.75) is 29.7 Å². The van der Waals surface area contributed by atoms with Crippen molar-refractivity contribution < 1.29 is 22.9 Å². The molecule has 1 amide bonds. The summed E-state index contributed by atoms with van der Waals surface area (Å²) in [4.78, 5) is 33.7. The summed E-state index contributed by atoms with van der Waals surface area (Å²) in [5.41, 5.74) is 4.18. The number of anilines is 1. The topological polar surface area (TPSA) is 139 Å². The summed E-state index contributed by atoms with van der Waals surface area (Å²) >= 11 is 0. The van der Waals surface area contributed by atoms with Crippen LogP contribution < -0.4 is 4.31 Å². The van der Waals surface area contributed by atoms with E-state index in [0.717, 1.165) is 32.8 Å². The van der Waals surface area contributed by atoms with E-state index in [1.54, 1.807) is 30.5 Å². The molecule has 0 bridgehead atoms. The predicted molar refractivity (Wildman–Crippen MR) is 169 cm³/mol. The van der Waals surface area contributed by atoms with E-state index in [4.69, 9.17) is 4.74 Å². The summed E-state index contributed by atoms with van der Waals surface area (Å²) in [5.74, 6) is -0.127. The van der Waals surface area contributed by atoms with Gasteiger partial charge in [0.05, 0.1) is 21.2 Å². The van der Waals surface area contributed by atoms with Gasteiger partial charge in [-0.1, -0.05) is 66.7 Å². The van der Waals surface area contributed by atoms with Crippen LogP contribution >= 0.6 is 0 Å². The zero-order valence-corrected chi connectivity index (χ0v) is 24.9. The highest BCUT2D eigenvalue weighted by atomic mass is 32.2. The van der Waals surface area contributed by atoms with E-state index in [9.17, 15) is 23.3 Å². The molecule has 5 aromatic rings. The number of likely N-dealkylation sites (tertiary alicyclic amines) is 1. The van der Waals surface area contributed by atoms with Crippen LogP contribution in [0.4, 0.5) is 16.2 Å². The van der Waals surface area contributed by atoms with Gasteiger partial charge in [-0.15, -0.1) is 0 Å². The maximum Gasteiger partial charge on any atom is 0.409 e. The van der Waals surface area contributed by atoms with Gasteiger partial charge in [-0.05, 0) is 53.3 Å². The highest BCUT2D eigenvalue weighted by molar-refractivity contribution is 7.93. The van der Waals surface area contributed by atoms with Gasteiger partial charge in [0.2, 0.25) is 0 Å². The van der Waals surface area contributed by atoms with Crippen LogP contribution in [0.2, 0.25) is 0 Å². The largest absolute Gasteiger partial charge is 0.448 e. The minimum Gasteiger partial charge on any atom is -0.448 e. The third-order valence-corrected chi connectivity index (χ3v) is 10.4. The molecular weight excluding hydrogens is 594 g/mol. The number of carbonyl (C=O) groups is 1. The number of sulfonamides is 1. The number of piperidine rings is 1. The molecule has 1 aliphatic heterocycles. The second-order valence-electron chi connectivity index (χ2n) is 11.1. The summed E-state index contributed by atoms with van der Waals surface area (Å²) in [6, 6.07) is 24.7. The first-order valence-electron chi connectivity index (χ1n) is 14.6. The Morgan fingerprint density at radius 1 is 1.00 bits per heavy atom. The summed E-state index contributed by atoms with van der Waals surface area (Å²) in [6.07, 6.45) is 2.92. The molecular formula is C33H29N5O6S. The van der Waals surface area contributed by atoms with Crippen LogP contribution in [0.3, 0.4) is 0 Å². The number of nitrogens with one attached hydrogen (secondary N) is 1.